The number of carbonyl (C=O) groups is 1. The molecule has 0 unspecified atom stereocenters. The van der Waals surface area contributed by atoms with E-state index in [2.05, 4.69) is 39.8 Å². The molecule has 5 heteroatoms. The summed E-state index contributed by atoms with van der Waals surface area (Å²) in [5.74, 6) is 0. The van der Waals surface area contributed by atoms with Crippen molar-refractivity contribution in [3.63, 3.8) is 0 Å². The molecule has 0 spiro atoms. The van der Waals surface area contributed by atoms with Crippen LogP contribution in [0.4, 0.5) is 10.5 Å². The number of aliphatic hydroxyl groups is 1. The van der Waals surface area contributed by atoms with Gasteiger partial charge in [-0.05, 0) is 37.0 Å². The summed E-state index contributed by atoms with van der Waals surface area (Å²) in [7, 11) is 4.03. The van der Waals surface area contributed by atoms with Gasteiger partial charge >= 0.3 is 6.03 Å². The molecule has 3 N–H and O–H groups in total. The van der Waals surface area contributed by atoms with Crippen LogP contribution in [0.5, 0.6) is 0 Å². The van der Waals surface area contributed by atoms with Crippen molar-refractivity contribution in [2.24, 2.45) is 0 Å². The van der Waals surface area contributed by atoms with Gasteiger partial charge in [0.15, 0.2) is 0 Å². The number of carbonyl (C=O) groups excluding carboxylic acids is 1. The van der Waals surface area contributed by atoms with E-state index >= 15 is 0 Å². The number of hydrogen-bond acceptors (Lipinski definition) is 3. The summed E-state index contributed by atoms with van der Waals surface area (Å²) in [6, 6.07) is 8.10. The first kappa shape index (κ1) is 16.6. The van der Waals surface area contributed by atoms with Crippen LogP contribution in [0.3, 0.4) is 0 Å². The zero-order valence-corrected chi connectivity index (χ0v) is 13.6. The minimum atomic E-state index is -0.695. The Morgan fingerprint density at radius 1 is 1.18 bits per heavy atom. The normalized spacial score (nSPS) is 16.3. The van der Waals surface area contributed by atoms with Crippen LogP contribution in [0.1, 0.15) is 31.2 Å². The maximum atomic E-state index is 11.7. The fourth-order valence-corrected chi connectivity index (χ4v) is 2.80. The first-order valence-corrected chi connectivity index (χ1v) is 7.99. The summed E-state index contributed by atoms with van der Waals surface area (Å²) in [6.45, 7) is 0.932. The number of amides is 2. The molecule has 1 fully saturated rings. The SMILES string of the molecule is CN(C)c1ccc(CCNC(=O)NCC2(O)CCCC2)cc1. The lowest BCUT2D eigenvalue weighted by molar-refractivity contribution is 0.0501. The van der Waals surface area contributed by atoms with E-state index in [-0.39, 0.29) is 6.03 Å². The molecular formula is C17H27N3O2. The average Bonchev–Trinajstić information content (AvgIpc) is 2.93. The third-order valence-electron chi connectivity index (χ3n) is 4.26. The number of urea groups is 1. The van der Waals surface area contributed by atoms with E-state index in [1.54, 1.807) is 0 Å². The number of nitrogens with one attached hydrogen (secondary N) is 2. The molecule has 1 aromatic carbocycles. The molecule has 1 saturated carbocycles. The van der Waals surface area contributed by atoms with E-state index in [4.69, 9.17) is 0 Å². The standard InChI is InChI=1S/C17H27N3O2/c1-20(2)15-7-5-14(6-8-15)9-12-18-16(21)19-13-17(22)10-3-4-11-17/h5-8,22H,3-4,9-13H2,1-2H3,(H2,18,19,21). The smallest absolute Gasteiger partial charge is 0.314 e. The molecule has 1 aromatic rings. The lowest BCUT2D eigenvalue weighted by Gasteiger charge is -2.22. The van der Waals surface area contributed by atoms with E-state index < -0.39 is 5.60 Å². The molecule has 2 amide bonds. The zero-order valence-electron chi connectivity index (χ0n) is 13.6. The third-order valence-corrected chi connectivity index (χ3v) is 4.26. The second kappa shape index (κ2) is 7.49. The molecule has 1 aliphatic carbocycles. The first-order valence-electron chi connectivity index (χ1n) is 7.99. The number of rotatable bonds is 6. The molecular weight excluding hydrogens is 278 g/mol. The Morgan fingerprint density at radius 2 is 1.82 bits per heavy atom. The highest BCUT2D eigenvalue weighted by Crippen LogP contribution is 2.28. The van der Waals surface area contributed by atoms with Gasteiger partial charge < -0.3 is 20.6 Å². The highest BCUT2D eigenvalue weighted by molar-refractivity contribution is 5.73. The van der Waals surface area contributed by atoms with Gasteiger partial charge in [0.2, 0.25) is 0 Å². The summed E-state index contributed by atoms with van der Waals surface area (Å²) in [6.07, 6.45) is 4.45. The third kappa shape index (κ3) is 4.91. The van der Waals surface area contributed by atoms with E-state index in [0.29, 0.717) is 13.1 Å². The van der Waals surface area contributed by atoms with E-state index in [1.165, 1.54) is 11.3 Å². The van der Waals surface area contributed by atoms with Gasteiger partial charge in [-0.2, -0.15) is 0 Å². The molecule has 0 atom stereocenters. The molecule has 22 heavy (non-hydrogen) atoms. The minimum Gasteiger partial charge on any atom is -0.388 e. The monoisotopic (exact) mass is 305 g/mol. The predicted molar refractivity (Wildman–Crippen MR) is 89.3 cm³/mol. The molecule has 0 bridgehead atoms. The fraction of sp³-hybridized carbons (Fsp3) is 0.588. The van der Waals surface area contributed by atoms with Crippen molar-refractivity contribution in [3.05, 3.63) is 29.8 Å². The van der Waals surface area contributed by atoms with Crippen molar-refractivity contribution in [1.82, 2.24) is 10.6 Å². The Balaban J connectivity index is 1.66. The van der Waals surface area contributed by atoms with Gasteiger partial charge in [0.1, 0.15) is 0 Å². The summed E-state index contributed by atoms with van der Waals surface area (Å²) in [4.78, 5) is 13.8. The average molecular weight is 305 g/mol. The Bertz CT molecular complexity index is 479. The van der Waals surface area contributed by atoms with Crippen LogP contribution in [-0.4, -0.2) is 43.9 Å². The van der Waals surface area contributed by atoms with Crippen LogP contribution in [0, 0.1) is 0 Å². The molecule has 1 aliphatic rings. The maximum Gasteiger partial charge on any atom is 0.314 e. The van der Waals surface area contributed by atoms with Crippen LogP contribution in [0.2, 0.25) is 0 Å². The van der Waals surface area contributed by atoms with Gasteiger partial charge in [-0.3, -0.25) is 0 Å². The molecule has 0 aliphatic heterocycles. The molecule has 0 heterocycles. The van der Waals surface area contributed by atoms with Crippen LogP contribution < -0.4 is 15.5 Å². The Labute approximate surface area is 132 Å². The van der Waals surface area contributed by atoms with Crippen molar-refractivity contribution in [2.75, 3.05) is 32.1 Å². The molecule has 122 valence electrons. The molecule has 0 radical (unpaired) electrons. The number of benzene rings is 1. The summed E-state index contributed by atoms with van der Waals surface area (Å²) < 4.78 is 0. The van der Waals surface area contributed by atoms with Crippen molar-refractivity contribution in [1.29, 1.82) is 0 Å². The van der Waals surface area contributed by atoms with Crippen LogP contribution in [0.15, 0.2) is 24.3 Å². The van der Waals surface area contributed by atoms with Gasteiger partial charge in [0.25, 0.3) is 0 Å². The van der Waals surface area contributed by atoms with Gasteiger partial charge in [-0.15, -0.1) is 0 Å². The van der Waals surface area contributed by atoms with E-state index in [0.717, 1.165) is 32.1 Å². The second-order valence-corrected chi connectivity index (χ2v) is 6.35. The van der Waals surface area contributed by atoms with Crippen molar-refractivity contribution in [3.8, 4) is 0 Å². The zero-order chi connectivity index (χ0) is 16.0. The number of anilines is 1. The highest BCUT2D eigenvalue weighted by atomic mass is 16.3. The van der Waals surface area contributed by atoms with Crippen molar-refractivity contribution >= 4 is 11.7 Å². The molecule has 0 aromatic heterocycles. The summed E-state index contributed by atoms with van der Waals surface area (Å²) >= 11 is 0. The first-order chi connectivity index (χ1) is 10.5. The van der Waals surface area contributed by atoms with Crippen molar-refractivity contribution in [2.45, 2.75) is 37.7 Å². The Hall–Kier alpha value is -1.75. The fourth-order valence-electron chi connectivity index (χ4n) is 2.80. The summed E-state index contributed by atoms with van der Waals surface area (Å²) in [5, 5.41) is 15.8. The Kier molecular flexibility index (Phi) is 5.66. The highest BCUT2D eigenvalue weighted by Gasteiger charge is 2.31. The van der Waals surface area contributed by atoms with Gasteiger partial charge in [-0.25, -0.2) is 4.79 Å². The van der Waals surface area contributed by atoms with E-state index in [9.17, 15) is 9.90 Å². The molecule has 0 saturated heterocycles. The van der Waals surface area contributed by atoms with Gasteiger partial charge in [0, 0.05) is 32.9 Å². The van der Waals surface area contributed by atoms with Crippen LogP contribution >= 0.6 is 0 Å². The minimum absolute atomic E-state index is 0.203. The maximum absolute atomic E-state index is 11.7. The molecule has 2 rings (SSSR count). The topological polar surface area (TPSA) is 64.6 Å². The second-order valence-electron chi connectivity index (χ2n) is 6.35. The van der Waals surface area contributed by atoms with Crippen molar-refractivity contribution < 1.29 is 9.90 Å². The van der Waals surface area contributed by atoms with Crippen LogP contribution in [-0.2, 0) is 6.42 Å². The number of hydrogen-bond donors (Lipinski definition) is 3. The predicted octanol–water partition coefficient (Wildman–Crippen LogP) is 1.90. The summed E-state index contributed by atoms with van der Waals surface area (Å²) in [5.41, 5.74) is 1.67. The van der Waals surface area contributed by atoms with Crippen LogP contribution in [0.25, 0.3) is 0 Å². The largest absolute Gasteiger partial charge is 0.388 e. The van der Waals surface area contributed by atoms with Gasteiger partial charge in [0.05, 0.1) is 5.60 Å². The lowest BCUT2D eigenvalue weighted by Crippen LogP contribution is -2.45. The molecule has 5 nitrogen and oxygen atoms in total. The number of nitrogens with zero attached hydrogens (tertiary/aromatic N) is 1. The Morgan fingerprint density at radius 3 is 2.41 bits per heavy atom. The van der Waals surface area contributed by atoms with Gasteiger partial charge in [-0.1, -0.05) is 25.0 Å². The van der Waals surface area contributed by atoms with E-state index in [1.807, 2.05) is 14.1 Å². The lowest BCUT2D eigenvalue weighted by atomic mass is 10.0. The quantitative estimate of drug-likeness (QED) is 0.752.